The molecule has 0 amide bonds. The topological polar surface area (TPSA) is 52.3 Å². The Balaban J connectivity index is 2.78. The molecule has 2 N–H and O–H groups in total. The molecule has 1 rings (SSSR count). The number of carbonyl (C=O) groups is 1. The first kappa shape index (κ1) is 12.7. The maximum Gasteiger partial charge on any atom is 0.323 e. The molecule has 3 nitrogen and oxygen atoms in total. The number of nitrogens with two attached hydrogens (primary N) is 1. The lowest BCUT2D eigenvalue weighted by molar-refractivity contribution is -0.145. The molecule has 1 aromatic rings. The van der Waals surface area contributed by atoms with Crippen molar-refractivity contribution in [3.05, 3.63) is 35.9 Å². The number of ether oxygens (including phenoxy) is 1. The molecule has 0 aromatic heterocycles. The van der Waals surface area contributed by atoms with Gasteiger partial charge in [0.25, 0.3) is 0 Å². The third-order valence-electron chi connectivity index (χ3n) is 2.66. The Morgan fingerprint density at radius 2 is 1.94 bits per heavy atom. The van der Waals surface area contributed by atoms with Gasteiger partial charge in [-0.3, -0.25) is 4.79 Å². The van der Waals surface area contributed by atoms with Crippen LogP contribution in [0.25, 0.3) is 0 Å². The van der Waals surface area contributed by atoms with Crippen LogP contribution < -0.4 is 5.73 Å². The minimum Gasteiger partial charge on any atom is -0.465 e. The molecule has 16 heavy (non-hydrogen) atoms. The lowest BCUT2D eigenvalue weighted by Crippen LogP contribution is -2.38. The number of hydrogen-bond donors (Lipinski definition) is 1. The van der Waals surface area contributed by atoms with Crippen molar-refractivity contribution in [1.29, 1.82) is 0 Å². The van der Waals surface area contributed by atoms with Gasteiger partial charge >= 0.3 is 5.97 Å². The Hall–Kier alpha value is -1.35. The van der Waals surface area contributed by atoms with Gasteiger partial charge in [-0.1, -0.05) is 37.3 Å². The Morgan fingerprint density at radius 3 is 2.44 bits per heavy atom. The van der Waals surface area contributed by atoms with E-state index in [-0.39, 0.29) is 11.9 Å². The highest BCUT2D eigenvalue weighted by molar-refractivity contribution is 5.76. The summed E-state index contributed by atoms with van der Waals surface area (Å²) in [5.41, 5.74) is 7.00. The van der Waals surface area contributed by atoms with Gasteiger partial charge < -0.3 is 10.5 Å². The fourth-order valence-electron chi connectivity index (χ4n) is 1.80. The summed E-state index contributed by atoms with van der Waals surface area (Å²) in [5.74, 6) is -0.293. The lowest BCUT2D eigenvalue weighted by Gasteiger charge is -2.21. The second-order valence-corrected chi connectivity index (χ2v) is 3.70. The molecular formula is C13H19NO2. The van der Waals surface area contributed by atoms with Gasteiger partial charge in [-0.2, -0.15) is 0 Å². The van der Waals surface area contributed by atoms with E-state index in [0.29, 0.717) is 6.61 Å². The zero-order valence-electron chi connectivity index (χ0n) is 9.85. The van der Waals surface area contributed by atoms with E-state index >= 15 is 0 Å². The van der Waals surface area contributed by atoms with E-state index in [2.05, 4.69) is 0 Å². The monoisotopic (exact) mass is 221 g/mol. The van der Waals surface area contributed by atoms with Crippen molar-refractivity contribution in [3.8, 4) is 0 Å². The predicted molar refractivity (Wildman–Crippen MR) is 64.1 cm³/mol. The summed E-state index contributed by atoms with van der Waals surface area (Å²) in [6, 6.07) is 9.27. The minimum absolute atomic E-state index is 0.0280. The molecule has 0 aliphatic carbocycles. The molecule has 1 aromatic carbocycles. The van der Waals surface area contributed by atoms with Gasteiger partial charge in [0.2, 0.25) is 0 Å². The van der Waals surface area contributed by atoms with Gasteiger partial charge in [0.05, 0.1) is 6.61 Å². The minimum atomic E-state index is -0.577. The van der Waals surface area contributed by atoms with Crippen molar-refractivity contribution in [3.63, 3.8) is 0 Å². The molecule has 2 atom stereocenters. The van der Waals surface area contributed by atoms with Crippen LogP contribution in [0.15, 0.2) is 30.3 Å². The van der Waals surface area contributed by atoms with E-state index in [9.17, 15) is 4.79 Å². The van der Waals surface area contributed by atoms with Crippen LogP contribution in [0.5, 0.6) is 0 Å². The van der Waals surface area contributed by atoms with E-state index in [0.717, 1.165) is 12.0 Å². The van der Waals surface area contributed by atoms with E-state index < -0.39 is 6.04 Å². The second-order valence-electron chi connectivity index (χ2n) is 3.70. The highest BCUT2D eigenvalue weighted by Crippen LogP contribution is 2.22. The van der Waals surface area contributed by atoms with Crippen LogP contribution in [0.4, 0.5) is 0 Å². The van der Waals surface area contributed by atoms with Crippen LogP contribution in [0, 0.1) is 0 Å². The van der Waals surface area contributed by atoms with Crippen molar-refractivity contribution in [2.45, 2.75) is 32.2 Å². The summed E-state index contributed by atoms with van der Waals surface area (Å²) in [6.07, 6.45) is 0.823. The number of esters is 1. The number of carbonyl (C=O) groups excluding carboxylic acids is 1. The van der Waals surface area contributed by atoms with Gasteiger partial charge in [-0.15, -0.1) is 0 Å². The van der Waals surface area contributed by atoms with Crippen molar-refractivity contribution in [2.24, 2.45) is 5.73 Å². The van der Waals surface area contributed by atoms with Crippen LogP contribution in [-0.4, -0.2) is 18.6 Å². The average molecular weight is 221 g/mol. The zero-order chi connectivity index (χ0) is 12.0. The van der Waals surface area contributed by atoms with Crippen molar-refractivity contribution in [1.82, 2.24) is 0 Å². The summed E-state index contributed by atoms with van der Waals surface area (Å²) in [7, 11) is 0. The molecule has 3 heteroatoms. The molecular weight excluding hydrogens is 202 g/mol. The highest BCUT2D eigenvalue weighted by Gasteiger charge is 2.25. The van der Waals surface area contributed by atoms with Crippen LogP contribution >= 0.6 is 0 Å². The smallest absolute Gasteiger partial charge is 0.323 e. The molecule has 88 valence electrons. The molecule has 0 fully saturated rings. The quantitative estimate of drug-likeness (QED) is 0.774. The van der Waals surface area contributed by atoms with Gasteiger partial charge in [0.15, 0.2) is 0 Å². The van der Waals surface area contributed by atoms with E-state index in [1.165, 1.54) is 0 Å². The van der Waals surface area contributed by atoms with Crippen molar-refractivity contribution < 1.29 is 9.53 Å². The van der Waals surface area contributed by atoms with Crippen LogP contribution in [0.3, 0.4) is 0 Å². The van der Waals surface area contributed by atoms with Crippen LogP contribution in [0.1, 0.15) is 31.7 Å². The van der Waals surface area contributed by atoms with Crippen molar-refractivity contribution in [2.75, 3.05) is 6.61 Å². The third-order valence-corrected chi connectivity index (χ3v) is 2.66. The maximum absolute atomic E-state index is 11.6. The summed E-state index contributed by atoms with van der Waals surface area (Å²) >= 11 is 0. The first-order valence-corrected chi connectivity index (χ1v) is 5.67. The van der Waals surface area contributed by atoms with Crippen LogP contribution in [0.2, 0.25) is 0 Å². The lowest BCUT2D eigenvalue weighted by atomic mass is 9.90. The summed E-state index contributed by atoms with van der Waals surface area (Å²) in [6.45, 7) is 4.18. The van der Waals surface area contributed by atoms with Gasteiger partial charge in [-0.05, 0) is 18.9 Å². The van der Waals surface area contributed by atoms with E-state index in [1.807, 2.05) is 37.3 Å². The summed E-state index contributed by atoms with van der Waals surface area (Å²) in [5, 5.41) is 0. The van der Waals surface area contributed by atoms with Gasteiger partial charge in [0, 0.05) is 5.92 Å². The largest absolute Gasteiger partial charge is 0.465 e. The molecule has 0 heterocycles. The maximum atomic E-state index is 11.6. The Kier molecular flexibility index (Phi) is 4.99. The predicted octanol–water partition coefficient (Wildman–Crippen LogP) is 2.07. The molecule has 0 spiro atoms. The molecule has 0 aliphatic heterocycles. The highest BCUT2D eigenvalue weighted by atomic mass is 16.5. The van der Waals surface area contributed by atoms with E-state index in [4.69, 9.17) is 10.5 Å². The third kappa shape index (κ3) is 3.07. The zero-order valence-corrected chi connectivity index (χ0v) is 9.85. The Morgan fingerprint density at radius 1 is 1.31 bits per heavy atom. The number of rotatable bonds is 5. The second kappa shape index (κ2) is 6.28. The standard InChI is InChI=1S/C13H19NO2/c1-3-11(10-8-6-5-7-9-10)12(14)13(15)16-4-2/h5-9,11-12H,3-4,14H2,1-2H3. The Labute approximate surface area is 96.6 Å². The fourth-order valence-corrected chi connectivity index (χ4v) is 1.80. The summed E-state index contributed by atoms with van der Waals surface area (Å²) < 4.78 is 4.94. The van der Waals surface area contributed by atoms with Gasteiger partial charge in [0.1, 0.15) is 6.04 Å². The molecule has 0 bridgehead atoms. The number of benzene rings is 1. The fraction of sp³-hybridized carbons (Fsp3) is 0.462. The SMILES string of the molecule is CCOC(=O)C(N)C(CC)c1ccccc1. The Bertz CT molecular complexity index is 324. The van der Waals surface area contributed by atoms with Crippen LogP contribution in [-0.2, 0) is 9.53 Å². The molecule has 0 saturated heterocycles. The number of hydrogen-bond acceptors (Lipinski definition) is 3. The molecule has 0 radical (unpaired) electrons. The summed E-state index contributed by atoms with van der Waals surface area (Å²) in [4.78, 5) is 11.6. The molecule has 0 aliphatic rings. The van der Waals surface area contributed by atoms with E-state index in [1.54, 1.807) is 6.92 Å². The molecule has 2 unspecified atom stereocenters. The average Bonchev–Trinajstić information content (AvgIpc) is 2.31. The molecule has 0 saturated carbocycles. The first-order chi connectivity index (χ1) is 7.70. The first-order valence-electron chi connectivity index (χ1n) is 5.67. The van der Waals surface area contributed by atoms with Gasteiger partial charge in [-0.25, -0.2) is 0 Å². The van der Waals surface area contributed by atoms with Crippen molar-refractivity contribution >= 4 is 5.97 Å². The normalized spacial score (nSPS) is 14.2.